The lowest BCUT2D eigenvalue weighted by Crippen LogP contribution is -2.43. The number of unbranched alkanes of at least 4 members (excludes halogenated alkanes) is 1. The van der Waals surface area contributed by atoms with Crippen molar-refractivity contribution in [2.24, 2.45) is 5.92 Å². The van der Waals surface area contributed by atoms with Crippen LogP contribution in [0.1, 0.15) is 55.3 Å². The molecule has 7 nitrogen and oxygen atoms in total. The highest BCUT2D eigenvalue weighted by molar-refractivity contribution is 5.91. The molecule has 0 aliphatic heterocycles. The molecule has 2 atom stereocenters. The number of carbonyl (C=O) groups is 3. The largest absolute Gasteiger partial charge is 0.350 e. The van der Waals surface area contributed by atoms with Crippen LogP contribution in [0.3, 0.4) is 0 Å². The normalized spacial score (nSPS) is 12.3. The summed E-state index contributed by atoms with van der Waals surface area (Å²) in [6, 6.07) is 24.3. The van der Waals surface area contributed by atoms with Crippen LogP contribution in [0.4, 0.5) is 0 Å². The Morgan fingerprint density at radius 1 is 0.865 bits per heavy atom. The lowest BCUT2D eigenvalue weighted by Gasteiger charge is -2.23. The van der Waals surface area contributed by atoms with Crippen LogP contribution in [0.25, 0.3) is 11.1 Å². The number of rotatable bonds is 12. The highest BCUT2D eigenvalue weighted by atomic mass is 16.5. The Morgan fingerprint density at radius 2 is 1.57 bits per heavy atom. The van der Waals surface area contributed by atoms with Gasteiger partial charge in [-0.3, -0.25) is 19.6 Å². The van der Waals surface area contributed by atoms with E-state index < -0.39 is 23.8 Å². The van der Waals surface area contributed by atoms with Crippen LogP contribution >= 0.6 is 0 Å². The minimum Gasteiger partial charge on any atom is -0.350 e. The van der Waals surface area contributed by atoms with Gasteiger partial charge in [0.15, 0.2) is 0 Å². The Balaban J connectivity index is 1.83. The highest BCUT2D eigenvalue weighted by Crippen LogP contribution is 2.23. The zero-order valence-corrected chi connectivity index (χ0v) is 21.4. The van der Waals surface area contributed by atoms with E-state index in [-0.39, 0.29) is 12.3 Å². The summed E-state index contributed by atoms with van der Waals surface area (Å²) in [5.41, 5.74) is 6.33. The summed E-state index contributed by atoms with van der Waals surface area (Å²) >= 11 is 0. The molecule has 0 heterocycles. The van der Waals surface area contributed by atoms with Crippen LogP contribution in [-0.2, 0) is 20.9 Å². The molecule has 0 spiro atoms. The van der Waals surface area contributed by atoms with E-state index in [1.54, 1.807) is 5.48 Å². The van der Waals surface area contributed by atoms with Crippen molar-refractivity contribution in [3.63, 3.8) is 0 Å². The summed E-state index contributed by atoms with van der Waals surface area (Å²) in [5.74, 6) is -2.05. The summed E-state index contributed by atoms with van der Waals surface area (Å²) < 4.78 is 0. The average molecular weight is 502 g/mol. The molecular weight excluding hydrogens is 466 g/mol. The minimum absolute atomic E-state index is 0.160. The first-order valence-electron chi connectivity index (χ1n) is 12.6. The topological polar surface area (TPSA) is 108 Å². The number of benzene rings is 3. The lowest BCUT2D eigenvalue weighted by atomic mass is 9.95. The van der Waals surface area contributed by atoms with Crippen molar-refractivity contribution >= 4 is 17.7 Å². The fourth-order valence-corrected chi connectivity index (χ4v) is 4.22. The van der Waals surface area contributed by atoms with Gasteiger partial charge in [-0.1, -0.05) is 104 Å². The number of aryl methyl sites for hydroxylation is 1. The van der Waals surface area contributed by atoms with Gasteiger partial charge in [0.1, 0.15) is 6.04 Å². The smallest absolute Gasteiger partial charge is 0.247 e. The van der Waals surface area contributed by atoms with Gasteiger partial charge < -0.3 is 10.6 Å². The predicted octanol–water partition coefficient (Wildman–Crippen LogP) is 4.84. The van der Waals surface area contributed by atoms with Crippen molar-refractivity contribution in [1.82, 2.24) is 16.1 Å². The van der Waals surface area contributed by atoms with Crippen molar-refractivity contribution in [3.05, 3.63) is 95.6 Å². The van der Waals surface area contributed by atoms with E-state index in [1.807, 2.05) is 92.7 Å². The van der Waals surface area contributed by atoms with Gasteiger partial charge in [0, 0.05) is 18.9 Å². The summed E-state index contributed by atoms with van der Waals surface area (Å²) in [6.07, 6.45) is 1.91. The van der Waals surface area contributed by atoms with Crippen LogP contribution in [0.2, 0.25) is 0 Å². The van der Waals surface area contributed by atoms with Gasteiger partial charge in [0.2, 0.25) is 17.7 Å². The van der Waals surface area contributed by atoms with Crippen LogP contribution < -0.4 is 16.1 Å². The Bertz CT molecular complexity index is 1180. The molecule has 194 valence electrons. The third-order valence-electron chi connectivity index (χ3n) is 6.28. The zero-order chi connectivity index (χ0) is 26.6. The Hall–Kier alpha value is -3.97. The van der Waals surface area contributed by atoms with E-state index in [4.69, 9.17) is 5.21 Å². The molecule has 4 N–H and O–H groups in total. The molecule has 0 radical (unpaired) electrons. The standard InChI is InChI=1S/C30H35N3O4/c1-3-4-11-26(19-27(34)33-37)29(35)32-28(30(36)31-20-22-10-8-9-21(2)18-22)25-16-14-24(15-17-25)23-12-6-5-7-13-23/h5-10,12-18,26,28,37H,3-4,11,19-20H2,1-2H3,(H,31,36)(H,32,35)(H,33,34)/t26-,28?/m0/s1. The molecule has 37 heavy (non-hydrogen) atoms. The Labute approximate surface area is 218 Å². The number of hydrogen-bond acceptors (Lipinski definition) is 4. The molecule has 0 saturated carbocycles. The van der Waals surface area contributed by atoms with Crippen molar-refractivity contribution < 1.29 is 19.6 Å². The number of amides is 3. The molecule has 0 aromatic heterocycles. The van der Waals surface area contributed by atoms with Gasteiger partial charge in [0.25, 0.3) is 0 Å². The number of nitrogens with one attached hydrogen (secondary N) is 3. The molecule has 0 aliphatic rings. The molecule has 7 heteroatoms. The molecule has 3 rings (SSSR count). The van der Waals surface area contributed by atoms with Gasteiger partial charge in [-0.05, 0) is 35.6 Å². The molecule has 0 fully saturated rings. The first-order chi connectivity index (χ1) is 17.9. The summed E-state index contributed by atoms with van der Waals surface area (Å²) in [6.45, 7) is 4.31. The molecule has 0 saturated heterocycles. The second-order valence-electron chi connectivity index (χ2n) is 9.21. The molecule has 0 bridgehead atoms. The van der Waals surface area contributed by atoms with E-state index >= 15 is 0 Å². The van der Waals surface area contributed by atoms with Crippen molar-refractivity contribution in [2.75, 3.05) is 0 Å². The summed E-state index contributed by atoms with van der Waals surface area (Å²) in [4.78, 5) is 38.4. The van der Waals surface area contributed by atoms with Gasteiger partial charge in [-0.25, -0.2) is 5.48 Å². The quantitative estimate of drug-likeness (QED) is 0.210. The predicted molar refractivity (Wildman–Crippen MR) is 143 cm³/mol. The van der Waals surface area contributed by atoms with Crippen molar-refractivity contribution in [2.45, 2.75) is 52.1 Å². The monoisotopic (exact) mass is 501 g/mol. The van der Waals surface area contributed by atoms with E-state index in [0.717, 1.165) is 35.1 Å². The van der Waals surface area contributed by atoms with Gasteiger partial charge in [0.05, 0.1) is 0 Å². The van der Waals surface area contributed by atoms with E-state index in [0.29, 0.717) is 18.5 Å². The van der Waals surface area contributed by atoms with Gasteiger partial charge in [-0.2, -0.15) is 0 Å². The lowest BCUT2D eigenvalue weighted by molar-refractivity contribution is -0.136. The van der Waals surface area contributed by atoms with Gasteiger partial charge >= 0.3 is 0 Å². The van der Waals surface area contributed by atoms with Crippen LogP contribution in [0, 0.1) is 12.8 Å². The first-order valence-corrected chi connectivity index (χ1v) is 12.6. The first kappa shape index (κ1) is 27.6. The zero-order valence-electron chi connectivity index (χ0n) is 21.4. The number of hydrogen-bond donors (Lipinski definition) is 4. The molecule has 3 amide bonds. The molecule has 3 aromatic carbocycles. The van der Waals surface area contributed by atoms with E-state index in [2.05, 4.69) is 10.6 Å². The van der Waals surface area contributed by atoms with E-state index in [1.165, 1.54) is 0 Å². The van der Waals surface area contributed by atoms with Crippen LogP contribution in [0.5, 0.6) is 0 Å². The molecular formula is C30H35N3O4. The van der Waals surface area contributed by atoms with Gasteiger partial charge in [-0.15, -0.1) is 0 Å². The molecule has 0 aliphatic carbocycles. The average Bonchev–Trinajstić information content (AvgIpc) is 2.93. The second-order valence-corrected chi connectivity index (χ2v) is 9.21. The molecule has 1 unspecified atom stereocenters. The highest BCUT2D eigenvalue weighted by Gasteiger charge is 2.28. The van der Waals surface area contributed by atoms with Crippen LogP contribution in [-0.4, -0.2) is 22.9 Å². The minimum atomic E-state index is -0.941. The SMILES string of the molecule is CCCC[C@@H](CC(=O)NO)C(=O)NC(C(=O)NCc1cccc(C)c1)c1ccc(-c2ccccc2)cc1. The Morgan fingerprint density at radius 3 is 2.22 bits per heavy atom. The maximum Gasteiger partial charge on any atom is 0.247 e. The van der Waals surface area contributed by atoms with Crippen molar-refractivity contribution in [3.8, 4) is 11.1 Å². The van der Waals surface area contributed by atoms with E-state index in [9.17, 15) is 14.4 Å². The Kier molecular flexibility index (Phi) is 10.4. The molecule has 3 aromatic rings. The van der Waals surface area contributed by atoms with Crippen molar-refractivity contribution in [1.29, 1.82) is 0 Å². The summed E-state index contributed by atoms with van der Waals surface area (Å²) in [7, 11) is 0. The third-order valence-corrected chi connectivity index (χ3v) is 6.28. The number of carbonyl (C=O) groups excluding carboxylic acids is 3. The third kappa shape index (κ3) is 8.29. The van der Waals surface area contributed by atoms with Crippen LogP contribution in [0.15, 0.2) is 78.9 Å². The maximum absolute atomic E-state index is 13.4. The second kappa shape index (κ2) is 13.9. The maximum atomic E-state index is 13.4. The fourth-order valence-electron chi connectivity index (χ4n) is 4.22. The fraction of sp³-hybridized carbons (Fsp3) is 0.300. The summed E-state index contributed by atoms with van der Waals surface area (Å²) in [5, 5.41) is 14.8. The number of hydroxylamine groups is 1.